The topological polar surface area (TPSA) is 92.4 Å². The van der Waals surface area contributed by atoms with Crippen molar-refractivity contribution < 1.29 is 19.2 Å². The van der Waals surface area contributed by atoms with Gasteiger partial charge in [0.2, 0.25) is 5.76 Å². The first-order valence-electron chi connectivity index (χ1n) is 6.45. The monoisotopic (exact) mass is 266 g/mol. The lowest BCUT2D eigenvalue weighted by Crippen LogP contribution is -2.59. The lowest BCUT2D eigenvalue weighted by molar-refractivity contribution is -0.148. The molecule has 19 heavy (non-hydrogen) atoms. The fraction of sp³-hybridized carbons (Fsp3) is 0.615. The number of nitrogens with zero attached hydrogens (tertiary/aromatic N) is 1. The molecule has 6 nitrogen and oxygen atoms in total. The number of aryl methyl sites for hydroxylation is 1. The maximum Gasteiger partial charge on any atom is 0.329 e. The second kappa shape index (κ2) is 5.03. The predicted molar refractivity (Wildman–Crippen MR) is 66.7 cm³/mol. The Morgan fingerprint density at radius 3 is 2.79 bits per heavy atom. The summed E-state index contributed by atoms with van der Waals surface area (Å²) in [6.45, 7) is 3.57. The number of aliphatic carboxylic acids is 1. The minimum atomic E-state index is -1.20. The van der Waals surface area contributed by atoms with Crippen LogP contribution in [0.4, 0.5) is 0 Å². The van der Waals surface area contributed by atoms with E-state index in [1.807, 2.05) is 6.92 Å². The minimum Gasteiger partial charge on any atom is -0.479 e. The van der Waals surface area contributed by atoms with Crippen LogP contribution in [-0.4, -0.2) is 27.7 Å². The molecule has 0 radical (unpaired) electrons. The van der Waals surface area contributed by atoms with Crippen LogP contribution in [0.5, 0.6) is 0 Å². The predicted octanol–water partition coefficient (Wildman–Crippen LogP) is 1.75. The normalized spacial score (nSPS) is 26.9. The molecule has 0 aliphatic heterocycles. The quantitative estimate of drug-likeness (QED) is 0.869. The lowest BCUT2D eigenvalue weighted by Gasteiger charge is -2.39. The molecule has 104 valence electrons. The fourth-order valence-corrected chi connectivity index (χ4v) is 2.64. The molecule has 1 aliphatic carbocycles. The third-order valence-electron chi connectivity index (χ3n) is 3.87. The van der Waals surface area contributed by atoms with Crippen molar-refractivity contribution in [3.63, 3.8) is 0 Å². The molecule has 2 rings (SSSR count). The van der Waals surface area contributed by atoms with Crippen LogP contribution in [0.2, 0.25) is 0 Å². The van der Waals surface area contributed by atoms with Crippen LogP contribution in [-0.2, 0) is 4.79 Å². The van der Waals surface area contributed by atoms with Gasteiger partial charge in [-0.25, -0.2) is 4.79 Å². The summed E-state index contributed by atoms with van der Waals surface area (Å²) in [5.74, 6) is -1.55. The number of hydrogen-bond acceptors (Lipinski definition) is 4. The second-order valence-electron chi connectivity index (χ2n) is 5.21. The Balaban J connectivity index is 2.21. The van der Waals surface area contributed by atoms with Crippen molar-refractivity contribution in [3.8, 4) is 0 Å². The van der Waals surface area contributed by atoms with E-state index in [2.05, 4.69) is 10.5 Å². The fourth-order valence-electron chi connectivity index (χ4n) is 2.64. The van der Waals surface area contributed by atoms with Crippen LogP contribution in [0, 0.1) is 12.8 Å². The summed E-state index contributed by atoms with van der Waals surface area (Å²) in [7, 11) is 0. The van der Waals surface area contributed by atoms with E-state index in [-0.39, 0.29) is 11.7 Å². The largest absolute Gasteiger partial charge is 0.479 e. The van der Waals surface area contributed by atoms with Gasteiger partial charge in [-0.1, -0.05) is 24.9 Å². The van der Waals surface area contributed by atoms with Crippen LogP contribution in [0.3, 0.4) is 0 Å². The molecule has 1 aromatic rings. The number of carbonyl (C=O) groups excluding carboxylic acids is 1. The van der Waals surface area contributed by atoms with Gasteiger partial charge >= 0.3 is 5.97 Å². The molecule has 6 heteroatoms. The highest BCUT2D eigenvalue weighted by Crippen LogP contribution is 2.34. The van der Waals surface area contributed by atoms with E-state index in [1.54, 1.807) is 6.92 Å². The third-order valence-corrected chi connectivity index (χ3v) is 3.87. The number of hydrogen-bond donors (Lipinski definition) is 2. The van der Waals surface area contributed by atoms with Gasteiger partial charge < -0.3 is 14.9 Å². The van der Waals surface area contributed by atoms with Crippen molar-refractivity contribution in [1.82, 2.24) is 10.5 Å². The summed E-state index contributed by atoms with van der Waals surface area (Å²) in [5.41, 5.74) is -0.609. The summed E-state index contributed by atoms with van der Waals surface area (Å²) in [6, 6.07) is 1.50. The molecule has 1 aliphatic rings. The first-order valence-corrected chi connectivity index (χ1v) is 6.45. The van der Waals surface area contributed by atoms with E-state index in [0.717, 1.165) is 19.3 Å². The molecule has 0 saturated heterocycles. The number of carboxylic acid groups (broad SMARTS) is 1. The zero-order chi connectivity index (χ0) is 14.0. The van der Waals surface area contributed by atoms with Gasteiger partial charge in [0.1, 0.15) is 5.54 Å². The van der Waals surface area contributed by atoms with Crippen molar-refractivity contribution in [2.75, 3.05) is 0 Å². The highest BCUT2D eigenvalue weighted by molar-refractivity contribution is 5.96. The molecule has 0 spiro atoms. The highest BCUT2D eigenvalue weighted by Gasteiger charge is 2.46. The first kappa shape index (κ1) is 13.6. The summed E-state index contributed by atoms with van der Waals surface area (Å²) in [4.78, 5) is 23.7. The Labute approximate surface area is 111 Å². The number of amides is 1. The third kappa shape index (κ3) is 2.47. The van der Waals surface area contributed by atoms with E-state index < -0.39 is 17.4 Å². The van der Waals surface area contributed by atoms with Crippen LogP contribution in [0.1, 0.15) is 48.9 Å². The summed E-state index contributed by atoms with van der Waals surface area (Å²) in [5, 5.41) is 15.8. The molecular weight excluding hydrogens is 248 g/mol. The maximum absolute atomic E-state index is 12.1. The average Bonchev–Trinajstić information content (AvgIpc) is 2.78. The minimum absolute atomic E-state index is 0.0518. The van der Waals surface area contributed by atoms with Crippen molar-refractivity contribution in [3.05, 3.63) is 17.5 Å². The molecule has 1 fully saturated rings. The van der Waals surface area contributed by atoms with Crippen LogP contribution in [0.25, 0.3) is 0 Å². The molecule has 2 atom stereocenters. The van der Waals surface area contributed by atoms with Gasteiger partial charge in [0, 0.05) is 6.07 Å². The van der Waals surface area contributed by atoms with Crippen molar-refractivity contribution >= 4 is 11.9 Å². The van der Waals surface area contributed by atoms with Crippen molar-refractivity contribution in [2.24, 2.45) is 5.92 Å². The molecule has 2 unspecified atom stereocenters. The van der Waals surface area contributed by atoms with Crippen molar-refractivity contribution in [1.29, 1.82) is 0 Å². The SMILES string of the molecule is Cc1cc(C(=O)NC2(C(=O)O)CCCCC2C)on1. The lowest BCUT2D eigenvalue weighted by atomic mass is 9.73. The summed E-state index contributed by atoms with van der Waals surface area (Å²) < 4.78 is 4.87. The van der Waals surface area contributed by atoms with Gasteiger partial charge in [-0.15, -0.1) is 0 Å². The average molecular weight is 266 g/mol. The molecule has 0 bridgehead atoms. The number of aromatic nitrogens is 1. The number of nitrogens with one attached hydrogen (secondary N) is 1. The molecular formula is C13H18N2O4. The van der Waals surface area contributed by atoms with Gasteiger partial charge in [-0.05, 0) is 25.7 Å². The summed E-state index contributed by atoms with van der Waals surface area (Å²) >= 11 is 0. The maximum atomic E-state index is 12.1. The summed E-state index contributed by atoms with van der Waals surface area (Å²) in [6.07, 6.45) is 3.03. The Morgan fingerprint density at radius 1 is 1.53 bits per heavy atom. The molecule has 0 aromatic carbocycles. The molecule has 1 heterocycles. The zero-order valence-corrected chi connectivity index (χ0v) is 11.1. The molecule has 2 N–H and O–H groups in total. The van der Waals surface area contributed by atoms with Crippen LogP contribution < -0.4 is 5.32 Å². The Bertz CT molecular complexity index is 497. The molecule has 1 aromatic heterocycles. The highest BCUT2D eigenvalue weighted by atomic mass is 16.5. The van der Waals surface area contributed by atoms with Crippen LogP contribution >= 0.6 is 0 Å². The van der Waals surface area contributed by atoms with E-state index in [9.17, 15) is 14.7 Å². The first-order chi connectivity index (χ1) is 8.95. The number of carboxylic acids is 1. The van der Waals surface area contributed by atoms with Gasteiger partial charge in [-0.2, -0.15) is 0 Å². The second-order valence-corrected chi connectivity index (χ2v) is 5.21. The van der Waals surface area contributed by atoms with E-state index in [0.29, 0.717) is 12.1 Å². The van der Waals surface area contributed by atoms with Crippen LogP contribution in [0.15, 0.2) is 10.6 Å². The number of rotatable bonds is 3. The smallest absolute Gasteiger partial charge is 0.329 e. The Morgan fingerprint density at radius 2 is 2.26 bits per heavy atom. The van der Waals surface area contributed by atoms with E-state index in [1.165, 1.54) is 6.07 Å². The Hall–Kier alpha value is -1.85. The zero-order valence-electron chi connectivity index (χ0n) is 11.1. The molecule has 1 amide bonds. The Kier molecular flexibility index (Phi) is 3.59. The van der Waals surface area contributed by atoms with Gasteiger partial charge in [-0.3, -0.25) is 4.79 Å². The number of carbonyl (C=O) groups is 2. The van der Waals surface area contributed by atoms with Gasteiger partial charge in [0.25, 0.3) is 5.91 Å². The van der Waals surface area contributed by atoms with Gasteiger partial charge in [0.05, 0.1) is 5.69 Å². The van der Waals surface area contributed by atoms with E-state index >= 15 is 0 Å². The van der Waals surface area contributed by atoms with Gasteiger partial charge in [0.15, 0.2) is 0 Å². The molecule has 1 saturated carbocycles. The van der Waals surface area contributed by atoms with Crippen molar-refractivity contribution in [2.45, 2.75) is 45.1 Å². The van der Waals surface area contributed by atoms with E-state index in [4.69, 9.17) is 4.52 Å². The standard InChI is InChI=1S/C13H18N2O4/c1-8-5-3-4-6-13(8,12(17)18)14-11(16)10-7-9(2)15-19-10/h7-8H,3-6H2,1-2H3,(H,14,16)(H,17,18).